The molecule has 2 rings (SSSR count). The lowest BCUT2D eigenvalue weighted by Crippen LogP contribution is -1.85. The number of rotatable bonds is 2. The number of hydrogen-bond acceptors (Lipinski definition) is 5. The highest BCUT2D eigenvalue weighted by Crippen LogP contribution is 2.26. The van der Waals surface area contributed by atoms with Crippen LogP contribution in [0.4, 0.5) is 0 Å². The van der Waals surface area contributed by atoms with Crippen LogP contribution in [-0.2, 0) is 0 Å². The van der Waals surface area contributed by atoms with Crippen molar-refractivity contribution in [2.24, 2.45) is 0 Å². The number of nitriles is 1. The average Bonchev–Trinajstić information content (AvgIpc) is 2.65. The highest BCUT2D eigenvalue weighted by molar-refractivity contribution is 6.99. The maximum atomic E-state index is 8.69. The molecule has 0 atom stereocenters. The van der Waals surface area contributed by atoms with Crippen molar-refractivity contribution in [2.75, 3.05) is 0 Å². The fourth-order valence-corrected chi connectivity index (χ4v) is 1.58. The Hall–Kier alpha value is -1.64. The Morgan fingerprint density at radius 1 is 1.40 bits per heavy atom. The van der Waals surface area contributed by atoms with Gasteiger partial charge in [0.2, 0.25) is 5.15 Å². The molecule has 0 aliphatic rings. The number of benzene rings is 1. The Morgan fingerprint density at radius 2 is 2.27 bits per heavy atom. The first-order valence-corrected chi connectivity index (χ1v) is 5.06. The molecule has 0 spiro atoms. The second-order valence-corrected chi connectivity index (χ2v) is 3.49. The van der Waals surface area contributed by atoms with Crippen molar-refractivity contribution in [3.8, 4) is 17.7 Å². The predicted octanol–water partition coefficient (Wildman–Crippen LogP) is 2.86. The normalized spacial score (nSPS) is 9.60. The molecule has 0 fully saturated rings. The lowest BCUT2D eigenvalue weighted by atomic mass is 10.2. The predicted molar refractivity (Wildman–Crippen MR) is 56.2 cm³/mol. The van der Waals surface area contributed by atoms with Gasteiger partial charge in [0.25, 0.3) is 5.88 Å². The smallest absolute Gasteiger partial charge is 0.270 e. The molecule has 74 valence electrons. The van der Waals surface area contributed by atoms with E-state index in [1.165, 1.54) is 0 Å². The number of nitrogens with zero attached hydrogens (tertiary/aromatic N) is 3. The minimum atomic E-state index is 0.224. The summed E-state index contributed by atoms with van der Waals surface area (Å²) in [5, 5.41) is 8.91. The second kappa shape index (κ2) is 4.26. The van der Waals surface area contributed by atoms with Gasteiger partial charge in [0.1, 0.15) is 5.75 Å². The van der Waals surface area contributed by atoms with E-state index in [2.05, 4.69) is 8.75 Å². The highest BCUT2D eigenvalue weighted by Gasteiger charge is 2.07. The summed E-state index contributed by atoms with van der Waals surface area (Å²) in [6.07, 6.45) is 0. The molecule has 0 saturated heterocycles. The van der Waals surface area contributed by atoms with E-state index >= 15 is 0 Å². The third-order valence-electron chi connectivity index (χ3n) is 1.60. The summed E-state index contributed by atoms with van der Waals surface area (Å²) >= 11 is 6.68. The van der Waals surface area contributed by atoms with Crippen molar-refractivity contribution in [1.82, 2.24) is 8.75 Å². The third kappa shape index (κ3) is 2.24. The summed E-state index contributed by atoms with van der Waals surface area (Å²) in [7, 11) is 0. The standard InChI is InChI=1S/C9H4ClN3OS/c10-8-9(13-15-12-8)14-7-3-1-2-6(4-7)5-11/h1-4H. The van der Waals surface area contributed by atoms with E-state index in [0.29, 0.717) is 11.3 Å². The van der Waals surface area contributed by atoms with Crippen LogP contribution in [0.2, 0.25) is 5.15 Å². The molecule has 0 aliphatic carbocycles. The fourth-order valence-electron chi connectivity index (χ4n) is 0.972. The number of aromatic nitrogens is 2. The molecule has 6 heteroatoms. The van der Waals surface area contributed by atoms with Gasteiger partial charge in [-0.2, -0.15) is 9.64 Å². The van der Waals surface area contributed by atoms with E-state index in [9.17, 15) is 0 Å². The molecule has 0 radical (unpaired) electrons. The zero-order valence-electron chi connectivity index (χ0n) is 7.35. The Kier molecular flexibility index (Phi) is 2.81. The van der Waals surface area contributed by atoms with Crippen LogP contribution in [0.25, 0.3) is 0 Å². The van der Waals surface area contributed by atoms with Gasteiger partial charge in [-0.3, -0.25) is 0 Å². The van der Waals surface area contributed by atoms with Crippen molar-refractivity contribution in [3.05, 3.63) is 35.0 Å². The quantitative estimate of drug-likeness (QED) is 0.806. The van der Waals surface area contributed by atoms with Crippen molar-refractivity contribution < 1.29 is 4.74 Å². The van der Waals surface area contributed by atoms with Gasteiger partial charge in [0, 0.05) is 0 Å². The first-order chi connectivity index (χ1) is 7.29. The van der Waals surface area contributed by atoms with Crippen LogP contribution in [0.3, 0.4) is 0 Å². The van der Waals surface area contributed by atoms with Gasteiger partial charge < -0.3 is 4.74 Å². The number of halogens is 1. The van der Waals surface area contributed by atoms with Gasteiger partial charge in [0.15, 0.2) is 0 Å². The molecule has 0 N–H and O–H groups in total. The molecule has 4 nitrogen and oxygen atoms in total. The lowest BCUT2D eigenvalue weighted by Gasteiger charge is -2.01. The summed E-state index contributed by atoms with van der Waals surface area (Å²) in [4.78, 5) is 0. The molecule has 0 amide bonds. The van der Waals surface area contributed by atoms with Crippen LogP contribution in [-0.4, -0.2) is 8.75 Å². The van der Waals surface area contributed by atoms with Crippen LogP contribution in [0.5, 0.6) is 11.6 Å². The Balaban J connectivity index is 2.25. The van der Waals surface area contributed by atoms with Gasteiger partial charge in [-0.15, -0.1) is 4.37 Å². The molecule has 15 heavy (non-hydrogen) atoms. The van der Waals surface area contributed by atoms with E-state index in [1.54, 1.807) is 24.3 Å². The van der Waals surface area contributed by atoms with Gasteiger partial charge in [-0.05, 0) is 18.2 Å². The maximum absolute atomic E-state index is 8.69. The van der Waals surface area contributed by atoms with Crippen molar-refractivity contribution >= 4 is 23.3 Å². The van der Waals surface area contributed by atoms with Gasteiger partial charge in [0.05, 0.1) is 23.4 Å². The van der Waals surface area contributed by atoms with Gasteiger partial charge in [-0.1, -0.05) is 17.7 Å². The zero-order chi connectivity index (χ0) is 10.7. The summed E-state index contributed by atoms with van der Waals surface area (Å²) < 4.78 is 13.0. The summed E-state index contributed by atoms with van der Waals surface area (Å²) in [5.41, 5.74) is 0.520. The average molecular weight is 238 g/mol. The number of hydrogen-bond donors (Lipinski definition) is 0. The van der Waals surface area contributed by atoms with E-state index in [0.717, 1.165) is 11.7 Å². The molecule has 0 bridgehead atoms. The Bertz CT molecular complexity index is 520. The van der Waals surface area contributed by atoms with Crippen LogP contribution in [0.1, 0.15) is 5.56 Å². The molecule has 0 aliphatic heterocycles. The first kappa shape index (κ1) is 9.90. The highest BCUT2D eigenvalue weighted by atomic mass is 35.5. The number of ether oxygens (including phenoxy) is 1. The first-order valence-electron chi connectivity index (χ1n) is 3.95. The van der Waals surface area contributed by atoms with Crippen LogP contribution in [0.15, 0.2) is 24.3 Å². The van der Waals surface area contributed by atoms with E-state index in [1.807, 2.05) is 6.07 Å². The largest absolute Gasteiger partial charge is 0.436 e. The maximum Gasteiger partial charge on any atom is 0.270 e. The Morgan fingerprint density at radius 3 is 2.93 bits per heavy atom. The summed E-state index contributed by atoms with van der Waals surface area (Å²) in [6.45, 7) is 0. The van der Waals surface area contributed by atoms with E-state index < -0.39 is 0 Å². The molecule has 2 aromatic rings. The monoisotopic (exact) mass is 237 g/mol. The minimum Gasteiger partial charge on any atom is -0.436 e. The lowest BCUT2D eigenvalue weighted by molar-refractivity contribution is 0.468. The van der Waals surface area contributed by atoms with E-state index in [-0.39, 0.29) is 11.0 Å². The van der Waals surface area contributed by atoms with Crippen molar-refractivity contribution in [3.63, 3.8) is 0 Å². The SMILES string of the molecule is N#Cc1cccc(Oc2nsnc2Cl)c1. The molecule has 0 unspecified atom stereocenters. The summed E-state index contributed by atoms with van der Waals surface area (Å²) in [5.74, 6) is 0.778. The van der Waals surface area contributed by atoms with Crippen LogP contribution < -0.4 is 4.74 Å². The van der Waals surface area contributed by atoms with Gasteiger partial charge >= 0.3 is 0 Å². The van der Waals surface area contributed by atoms with Crippen molar-refractivity contribution in [2.45, 2.75) is 0 Å². The molecular weight excluding hydrogens is 234 g/mol. The zero-order valence-corrected chi connectivity index (χ0v) is 8.92. The topological polar surface area (TPSA) is 58.8 Å². The third-order valence-corrected chi connectivity index (χ3v) is 2.46. The van der Waals surface area contributed by atoms with Crippen LogP contribution >= 0.6 is 23.3 Å². The molecular formula is C9H4ClN3OS. The van der Waals surface area contributed by atoms with Gasteiger partial charge in [-0.25, -0.2) is 0 Å². The Labute approximate surface area is 95.0 Å². The molecule has 1 aromatic heterocycles. The minimum absolute atomic E-state index is 0.224. The fraction of sp³-hybridized carbons (Fsp3) is 0. The molecule has 1 aromatic carbocycles. The molecule has 0 saturated carbocycles. The second-order valence-electron chi connectivity index (χ2n) is 2.60. The van der Waals surface area contributed by atoms with E-state index in [4.69, 9.17) is 21.6 Å². The van der Waals surface area contributed by atoms with Crippen LogP contribution in [0, 0.1) is 11.3 Å². The van der Waals surface area contributed by atoms with Crippen molar-refractivity contribution in [1.29, 1.82) is 5.26 Å². The molecule has 1 heterocycles. The summed E-state index contributed by atoms with van der Waals surface area (Å²) in [6, 6.07) is 8.75.